The van der Waals surface area contributed by atoms with Gasteiger partial charge in [0, 0.05) is 30.9 Å². The van der Waals surface area contributed by atoms with Crippen molar-refractivity contribution in [2.24, 2.45) is 0 Å². The van der Waals surface area contributed by atoms with E-state index in [4.69, 9.17) is 9.47 Å². The van der Waals surface area contributed by atoms with Crippen LogP contribution in [0.15, 0.2) is 48.5 Å². The molecule has 0 saturated carbocycles. The molecule has 0 radical (unpaired) electrons. The van der Waals surface area contributed by atoms with Crippen LogP contribution in [0, 0.1) is 0 Å². The van der Waals surface area contributed by atoms with Crippen LogP contribution in [0.25, 0.3) is 0 Å². The fourth-order valence-electron chi connectivity index (χ4n) is 4.76. The van der Waals surface area contributed by atoms with E-state index >= 15 is 4.39 Å². The summed E-state index contributed by atoms with van der Waals surface area (Å²) in [4.78, 5) is 29.3. The molecule has 33 heavy (non-hydrogen) atoms. The van der Waals surface area contributed by atoms with Gasteiger partial charge in [0.05, 0.1) is 12.6 Å². The van der Waals surface area contributed by atoms with Crippen molar-refractivity contribution < 1.29 is 23.5 Å². The second kappa shape index (κ2) is 8.69. The average molecular weight is 455 g/mol. The monoisotopic (exact) mass is 454 g/mol. The maximum absolute atomic E-state index is 15.9. The van der Waals surface area contributed by atoms with Crippen molar-refractivity contribution in [2.75, 3.05) is 25.1 Å². The summed E-state index contributed by atoms with van der Waals surface area (Å²) in [5, 5.41) is 0. The molecular formula is C26H31FN2O4. The van der Waals surface area contributed by atoms with Crippen LogP contribution in [0.4, 0.5) is 14.9 Å². The number of rotatable bonds is 3. The Morgan fingerprint density at radius 3 is 2.33 bits per heavy atom. The normalized spacial score (nSPS) is 19.9. The van der Waals surface area contributed by atoms with Crippen LogP contribution in [0.3, 0.4) is 0 Å². The van der Waals surface area contributed by atoms with Gasteiger partial charge in [-0.05, 0) is 63.4 Å². The van der Waals surface area contributed by atoms with Gasteiger partial charge in [0.15, 0.2) is 6.17 Å². The molecule has 0 bridgehead atoms. The van der Waals surface area contributed by atoms with E-state index in [-0.39, 0.29) is 0 Å². The molecule has 0 aliphatic carbocycles. The van der Waals surface area contributed by atoms with Gasteiger partial charge in [-0.3, -0.25) is 4.79 Å². The van der Waals surface area contributed by atoms with Crippen molar-refractivity contribution in [3.8, 4) is 5.75 Å². The van der Waals surface area contributed by atoms with Crippen molar-refractivity contribution in [1.29, 1.82) is 0 Å². The van der Waals surface area contributed by atoms with Crippen molar-refractivity contribution in [3.63, 3.8) is 0 Å². The Kier molecular flexibility index (Phi) is 6.08. The van der Waals surface area contributed by atoms with Crippen molar-refractivity contribution in [3.05, 3.63) is 59.7 Å². The number of likely N-dealkylation sites (tertiary alicyclic amines) is 1. The van der Waals surface area contributed by atoms with E-state index in [1.54, 1.807) is 24.1 Å². The molecule has 2 aromatic rings. The molecule has 1 fully saturated rings. The predicted octanol–water partition coefficient (Wildman–Crippen LogP) is 5.01. The molecule has 4 rings (SSSR count). The van der Waals surface area contributed by atoms with Gasteiger partial charge < -0.3 is 19.3 Å². The summed E-state index contributed by atoms with van der Waals surface area (Å²) >= 11 is 0. The number of anilines is 1. The summed E-state index contributed by atoms with van der Waals surface area (Å²) in [6.07, 6.45) is -1.41. The number of hydrogen-bond acceptors (Lipinski definition) is 5. The van der Waals surface area contributed by atoms with Crippen LogP contribution in [-0.4, -0.2) is 54.3 Å². The van der Waals surface area contributed by atoms with Gasteiger partial charge in [0.2, 0.25) is 5.78 Å². The number of fused-ring (bicyclic) bond motifs is 1. The lowest BCUT2D eigenvalue weighted by molar-refractivity contribution is 0.0100. The molecule has 7 heteroatoms. The highest BCUT2D eigenvalue weighted by atomic mass is 19.1. The topological polar surface area (TPSA) is 59.1 Å². The third kappa shape index (κ3) is 4.41. The minimum absolute atomic E-state index is 0.323. The Bertz CT molecular complexity index is 1020. The smallest absolute Gasteiger partial charge is 0.410 e. The first kappa shape index (κ1) is 23.1. The molecule has 176 valence electrons. The quantitative estimate of drug-likeness (QED) is 0.653. The summed E-state index contributed by atoms with van der Waals surface area (Å²) in [5.41, 5.74) is 0.497. The van der Waals surface area contributed by atoms with Gasteiger partial charge in [-0.25, -0.2) is 9.18 Å². The Morgan fingerprint density at radius 2 is 1.73 bits per heavy atom. The molecule has 2 aromatic carbocycles. The third-order valence-corrected chi connectivity index (χ3v) is 6.48. The van der Waals surface area contributed by atoms with Gasteiger partial charge in [-0.15, -0.1) is 0 Å². The van der Waals surface area contributed by atoms with Crippen molar-refractivity contribution >= 4 is 17.6 Å². The highest BCUT2D eigenvalue weighted by molar-refractivity contribution is 6.07. The van der Waals surface area contributed by atoms with Crippen molar-refractivity contribution in [1.82, 2.24) is 4.90 Å². The summed E-state index contributed by atoms with van der Waals surface area (Å²) in [7, 11) is 1.61. The molecule has 1 atom stereocenters. The molecule has 2 heterocycles. The van der Waals surface area contributed by atoms with Crippen LogP contribution in [0.2, 0.25) is 0 Å². The number of Topliss-reactive ketones (excluding diaryl/α,β-unsaturated/α-hetero) is 1. The van der Waals surface area contributed by atoms with Crippen LogP contribution in [0.1, 0.15) is 49.5 Å². The van der Waals surface area contributed by atoms with E-state index in [0.29, 0.717) is 38.0 Å². The highest BCUT2D eigenvalue weighted by Gasteiger charge is 2.54. The van der Waals surface area contributed by atoms with Gasteiger partial charge in [0.25, 0.3) is 0 Å². The SMILES string of the molecule is COc1ccc(CN2c3ccccc3C(=O)C(F)C23CCN(C(=O)OC(C)(C)C)CC3)cc1. The lowest BCUT2D eigenvalue weighted by atomic mass is 9.74. The fraction of sp³-hybridized carbons (Fsp3) is 0.462. The zero-order valence-electron chi connectivity index (χ0n) is 19.6. The van der Waals surface area contributed by atoms with Crippen LogP contribution >= 0.6 is 0 Å². The average Bonchev–Trinajstić information content (AvgIpc) is 2.80. The number of alkyl halides is 1. The van der Waals surface area contributed by atoms with E-state index in [9.17, 15) is 9.59 Å². The number of ether oxygens (including phenoxy) is 2. The van der Waals surface area contributed by atoms with Crippen molar-refractivity contribution in [2.45, 2.75) is 57.5 Å². The minimum atomic E-state index is -1.67. The number of carbonyl (C=O) groups excluding carboxylic acids is 2. The zero-order valence-corrected chi connectivity index (χ0v) is 19.6. The number of benzene rings is 2. The predicted molar refractivity (Wildman–Crippen MR) is 125 cm³/mol. The maximum atomic E-state index is 15.9. The highest BCUT2D eigenvalue weighted by Crippen LogP contribution is 2.45. The molecule has 1 amide bonds. The molecule has 0 N–H and O–H groups in total. The summed E-state index contributed by atoms with van der Waals surface area (Å²) in [6.45, 7) is 6.55. The molecular weight excluding hydrogens is 423 g/mol. The van der Waals surface area contributed by atoms with Gasteiger partial charge >= 0.3 is 6.09 Å². The molecule has 1 saturated heterocycles. The minimum Gasteiger partial charge on any atom is -0.497 e. The second-order valence-corrected chi connectivity index (χ2v) is 9.75. The van der Waals surface area contributed by atoms with Crippen LogP contribution in [-0.2, 0) is 11.3 Å². The Labute approximate surface area is 194 Å². The third-order valence-electron chi connectivity index (χ3n) is 6.48. The van der Waals surface area contributed by atoms with E-state index in [2.05, 4.69) is 0 Å². The number of para-hydroxylation sites is 1. The number of methoxy groups -OCH3 is 1. The zero-order chi connectivity index (χ0) is 23.8. The standard InChI is InChI=1S/C26H31FN2O4/c1-25(2,3)33-24(31)28-15-13-26(14-16-28)23(27)22(30)20-7-5-6-8-21(20)29(26)17-18-9-11-19(32-4)12-10-18/h5-12,23H,13-17H2,1-4H3. The molecule has 2 aliphatic rings. The largest absolute Gasteiger partial charge is 0.497 e. The van der Waals surface area contributed by atoms with Gasteiger partial charge in [0.1, 0.15) is 11.4 Å². The Balaban J connectivity index is 1.66. The number of amides is 1. The number of hydrogen-bond donors (Lipinski definition) is 0. The first-order valence-corrected chi connectivity index (χ1v) is 11.3. The van der Waals surface area contributed by atoms with Crippen LogP contribution in [0.5, 0.6) is 5.75 Å². The number of nitrogens with zero attached hydrogens (tertiary/aromatic N) is 2. The van der Waals surface area contributed by atoms with E-state index in [0.717, 1.165) is 17.0 Å². The first-order chi connectivity index (χ1) is 15.6. The molecule has 1 spiro atoms. The van der Waals surface area contributed by atoms with E-state index in [1.165, 1.54) is 0 Å². The van der Waals surface area contributed by atoms with Crippen LogP contribution < -0.4 is 9.64 Å². The lowest BCUT2D eigenvalue weighted by Gasteiger charge is -2.53. The van der Waals surface area contributed by atoms with E-state index < -0.39 is 29.2 Å². The molecule has 0 aromatic heterocycles. The number of carbonyl (C=O) groups is 2. The van der Waals surface area contributed by atoms with Gasteiger partial charge in [-0.1, -0.05) is 24.3 Å². The number of ketones is 1. The second-order valence-electron chi connectivity index (χ2n) is 9.75. The lowest BCUT2D eigenvalue weighted by Crippen LogP contribution is -2.65. The molecule has 1 unspecified atom stereocenters. The van der Waals surface area contributed by atoms with E-state index in [1.807, 2.05) is 62.1 Å². The van der Waals surface area contributed by atoms with Gasteiger partial charge in [-0.2, -0.15) is 0 Å². The fourth-order valence-corrected chi connectivity index (χ4v) is 4.76. The summed E-state index contributed by atoms with van der Waals surface area (Å²) in [5.74, 6) is 0.263. The summed E-state index contributed by atoms with van der Waals surface area (Å²) < 4.78 is 26.7. The molecule has 2 aliphatic heterocycles. The number of piperidine rings is 1. The Morgan fingerprint density at radius 1 is 1.09 bits per heavy atom. The molecule has 6 nitrogen and oxygen atoms in total. The Hall–Kier alpha value is -3.09. The summed E-state index contributed by atoms with van der Waals surface area (Å²) in [6, 6.07) is 14.9. The number of halogens is 1. The first-order valence-electron chi connectivity index (χ1n) is 11.3. The maximum Gasteiger partial charge on any atom is 0.410 e.